The van der Waals surface area contributed by atoms with Gasteiger partial charge in [-0.25, -0.2) is 0 Å². The van der Waals surface area contributed by atoms with Crippen LogP contribution in [0.3, 0.4) is 0 Å². The molecule has 1 fully saturated rings. The van der Waals surface area contributed by atoms with E-state index in [-0.39, 0.29) is 11.9 Å². The molecule has 1 aliphatic carbocycles. The van der Waals surface area contributed by atoms with Crippen LogP contribution in [0.2, 0.25) is 0 Å². The lowest BCUT2D eigenvalue weighted by Gasteiger charge is -2.43. The molecule has 0 saturated heterocycles. The van der Waals surface area contributed by atoms with Gasteiger partial charge in [-0.1, -0.05) is 19.6 Å². The van der Waals surface area contributed by atoms with E-state index in [4.69, 9.17) is 0 Å². The highest BCUT2D eigenvalue weighted by Crippen LogP contribution is 2.45. The second kappa shape index (κ2) is 7.20. The van der Waals surface area contributed by atoms with Crippen molar-refractivity contribution < 1.29 is 4.79 Å². The average Bonchev–Trinajstić information content (AvgIpc) is 3.42. The van der Waals surface area contributed by atoms with Crippen LogP contribution in [-0.2, 0) is 4.79 Å². The van der Waals surface area contributed by atoms with Gasteiger partial charge in [-0.15, -0.1) is 0 Å². The van der Waals surface area contributed by atoms with Crippen LogP contribution in [0.4, 0.5) is 11.4 Å². The van der Waals surface area contributed by atoms with Gasteiger partial charge in [0, 0.05) is 25.7 Å². The molecule has 0 spiro atoms. The summed E-state index contributed by atoms with van der Waals surface area (Å²) in [6, 6.07) is 6.77. The number of anilines is 2. The summed E-state index contributed by atoms with van der Waals surface area (Å²) in [6.45, 7) is 12.2. The number of rotatable bonds is 6. The molecule has 2 atom stereocenters. The molecule has 1 N–H and O–H groups in total. The Labute approximate surface area is 151 Å². The molecular formula is C21H31N3O. The fraction of sp³-hybridized carbons (Fsp3) is 0.571. The predicted octanol–water partition coefficient (Wildman–Crippen LogP) is 3.88. The smallest absolute Gasteiger partial charge is 0.224 e. The molecule has 1 amide bonds. The van der Waals surface area contributed by atoms with Crippen molar-refractivity contribution in [2.75, 3.05) is 29.9 Å². The molecule has 1 aliphatic heterocycles. The zero-order valence-electron chi connectivity index (χ0n) is 16.0. The van der Waals surface area contributed by atoms with Crippen molar-refractivity contribution in [3.8, 4) is 0 Å². The molecule has 2 unspecified atom stereocenters. The van der Waals surface area contributed by atoms with Gasteiger partial charge in [0.2, 0.25) is 5.91 Å². The average molecular weight is 341 g/mol. The molecule has 0 aromatic heterocycles. The third-order valence-electron chi connectivity index (χ3n) is 5.59. The fourth-order valence-corrected chi connectivity index (χ4v) is 4.03. The number of likely N-dealkylation sites (N-methyl/N-ethyl adjacent to an activating group) is 1. The SMILES string of the molecule is C=C(C1CC1)N1CC(C)N(C(C)=O)c2ccc(C(CC)CNC)cc21. The first kappa shape index (κ1) is 18.0. The molecule has 1 heterocycles. The normalized spacial score (nSPS) is 21.0. The predicted molar refractivity (Wildman–Crippen MR) is 105 cm³/mol. The Hall–Kier alpha value is -1.81. The van der Waals surface area contributed by atoms with E-state index in [1.54, 1.807) is 6.92 Å². The zero-order chi connectivity index (χ0) is 18.1. The molecule has 1 aromatic rings. The van der Waals surface area contributed by atoms with Gasteiger partial charge in [0.05, 0.1) is 17.4 Å². The standard InChI is InChI=1S/C21H31N3O/c1-6-17(12-22-5)19-9-10-20-21(11-19)23(15(3)18-7-8-18)13-14(2)24(20)16(4)25/h9-11,14,17-18,22H,3,6-8,12-13H2,1-2,4-5H3. The van der Waals surface area contributed by atoms with E-state index >= 15 is 0 Å². The summed E-state index contributed by atoms with van der Waals surface area (Å²) in [7, 11) is 2.00. The van der Waals surface area contributed by atoms with Gasteiger partial charge < -0.3 is 15.1 Å². The van der Waals surface area contributed by atoms with Crippen molar-refractivity contribution in [2.45, 2.75) is 52.0 Å². The Morgan fingerprint density at radius 3 is 2.64 bits per heavy atom. The monoisotopic (exact) mass is 341 g/mol. The summed E-state index contributed by atoms with van der Waals surface area (Å²) < 4.78 is 0. The van der Waals surface area contributed by atoms with Crippen molar-refractivity contribution in [3.63, 3.8) is 0 Å². The number of carbonyl (C=O) groups is 1. The topological polar surface area (TPSA) is 35.6 Å². The van der Waals surface area contributed by atoms with Crippen molar-refractivity contribution in [1.82, 2.24) is 5.32 Å². The van der Waals surface area contributed by atoms with Gasteiger partial charge in [0.25, 0.3) is 0 Å². The van der Waals surface area contributed by atoms with E-state index in [0.29, 0.717) is 11.8 Å². The highest BCUT2D eigenvalue weighted by molar-refractivity contribution is 5.97. The van der Waals surface area contributed by atoms with Crippen LogP contribution in [-0.4, -0.2) is 32.1 Å². The third-order valence-corrected chi connectivity index (χ3v) is 5.59. The lowest BCUT2D eigenvalue weighted by Crippen LogP contribution is -2.49. The summed E-state index contributed by atoms with van der Waals surface area (Å²) in [5.74, 6) is 1.21. The third kappa shape index (κ3) is 3.45. The Kier molecular flexibility index (Phi) is 5.19. The molecule has 0 radical (unpaired) electrons. The summed E-state index contributed by atoms with van der Waals surface area (Å²) in [4.78, 5) is 16.6. The minimum absolute atomic E-state index is 0.112. The molecule has 3 rings (SSSR count). The van der Waals surface area contributed by atoms with Crippen molar-refractivity contribution in [1.29, 1.82) is 0 Å². The van der Waals surface area contributed by atoms with Gasteiger partial charge >= 0.3 is 0 Å². The largest absolute Gasteiger partial charge is 0.342 e. The minimum Gasteiger partial charge on any atom is -0.342 e. The Bertz CT molecular complexity index is 665. The number of nitrogens with one attached hydrogen (secondary N) is 1. The van der Waals surface area contributed by atoms with E-state index in [1.165, 1.54) is 24.1 Å². The Balaban J connectivity index is 2.04. The number of benzene rings is 1. The molecule has 0 bridgehead atoms. The second-order valence-corrected chi connectivity index (χ2v) is 7.53. The van der Waals surface area contributed by atoms with Crippen LogP contribution in [0.1, 0.15) is 51.5 Å². The number of carbonyl (C=O) groups excluding carboxylic acids is 1. The van der Waals surface area contributed by atoms with E-state index in [0.717, 1.165) is 30.9 Å². The van der Waals surface area contributed by atoms with Crippen molar-refractivity contribution >= 4 is 17.3 Å². The second-order valence-electron chi connectivity index (χ2n) is 7.53. The number of hydrogen-bond donors (Lipinski definition) is 1. The van der Waals surface area contributed by atoms with E-state index in [9.17, 15) is 4.79 Å². The molecule has 136 valence electrons. The van der Waals surface area contributed by atoms with Gasteiger partial charge in [-0.05, 0) is 62.8 Å². The van der Waals surface area contributed by atoms with Gasteiger partial charge in [-0.3, -0.25) is 4.79 Å². The Morgan fingerprint density at radius 2 is 2.08 bits per heavy atom. The maximum Gasteiger partial charge on any atom is 0.224 e. The minimum atomic E-state index is 0.112. The van der Waals surface area contributed by atoms with Crippen LogP contribution in [0.25, 0.3) is 0 Å². The maximum atomic E-state index is 12.2. The van der Waals surface area contributed by atoms with E-state index in [1.807, 2.05) is 11.9 Å². The van der Waals surface area contributed by atoms with Crippen LogP contribution in [0.15, 0.2) is 30.5 Å². The van der Waals surface area contributed by atoms with E-state index in [2.05, 4.69) is 48.8 Å². The molecular weight excluding hydrogens is 310 g/mol. The first-order valence-corrected chi connectivity index (χ1v) is 9.52. The zero-order valence-corrected chi connectivity index (χ0v) is 16.0. The summed E-state index contributed by atoms with van der Waals surface area (Å²) >= 11 is 0. The first-order valence-electron chi connectivity index (χ1n) is 9.52. The van der Waals surface area contributed by atoms with Gasteiger partial charge in [-0.2, -0.15) is 0 Å². The Morgan fingerprint density at radius 1 is 1.36 bits per heavy atom. The van der Waals surface area contributed by atoms with Crippen LogP contribution >= 0.6 is 0 Å². The summed E-state index contributed by atoms with van der Waals surface area (Å²) in [5, 5.41) is 3.30. The highest BCUT2D eigenvalue weighted by atomic mass is 16.2. The molecule has 2 aliphatic rings. The quantitative estimate of drug-likeness (QED) is 0.853. The maximum absolute atomic E-state index is 12.2. The lowest BCUT2D eigenvalue weighted by atomic mass is 9.93. The highest BCUT2D eigenvalue weighted by Gasteiger charge is 2.36. The number of fused-ring (bicyclic) bond motifs is 1. The molecule has 4 nitrogen and oxygen atoms in total. The van der Waals surface area contributed by atoms with Gasteiger partial charge in [0.1, 0.15) is 0 Å². The molecule has 1 aromatic carbocycles. The molecule has 25 heavy (non-hydrogen) atoms. The van der Waals surface area contributed by atoms with Crippen LogP contribution in [0, 0.1) is 5.92 Å². The number of hydrogen-bond acceptors (Lipinski definition) is 3. The molecule has 1 saturated carbocycles. The number of amides is 1. The summed E-state index contributed by atoms with van der Waals surface area (Å²) in [5.41, 5.74) is 4.73. The first-order chi connectivity index (χ1) is 12.0. The molecule has 4 heteroatoms. The van der Waals surface area contributed by atoms with Crippen LogP contribution in [0.5, 0.6) is 0 Å². The number of allylic oxidation sites excluding steroid dienone is 1. The van der Waals surface area contributed by atoms with Crippen LogP contribution < -0.4 is 15.1 Å². The van der Waals surface area contributed by atoms with Crippen molar-refractivity contribution in [3.05, 3.63) is 36.0 Å². The fourth-order valence-electron chi connectivity index (χ4n) is 4.03. The number of nitrogens with zero attached hydrogens (tertiary/aromatic N) is 2. The van der Waals surface area contributed by atoms with Crippen molar-refractivity contribution in [2.24, 2.45) is 5.92 Å². The van der Waals surface area contributed by atoms with E-state index < -0.39 is 0 Å². The van der Waals surface area contributed by atoms with Gasteiger partial charge in [0.15, 0.2) is 0 Å². The lowest BCUT2D eigenvalue weighted by molar-refractivity contribution is -0.117. The summed E-state index contributed by atoms with van der Waals surface area (Å²) in [6.07, 6.45) is 3.58.